The zero-order valence-electron chi connectivity index (χ0n) is 11.8. The van der Waals surface area contributed by atoms with Gasteiger partial charge in [0.2, 0.25) is 0 Å². The number of urea groups is 1. The molecule has 0 aromatic heterocycles. The minimum absolute atomic E-state index is 0.131. The van der Waals surface area contributed by atoms with Crippen molar-refractivity contribution >= 4 is 11.7 Å². The number of amides is 2. The summed E-state index contributed by atoms with van der Waals surface area (Å²) in [6.07, 6.45) is 0.887. The first-order valence-electron chi connectivity index (χ1n) is 6.82. The number of benzene rings is 1. The fraction of sp³-hybridized carbons (Fsp3) is 0.533. The van der Waals surface area contributed by atoms with Gasteiger partial charge in [0.1, 0.15) is 0 Å². The predicted molar refractivity (Wildman–Crippen MR) is 76.6 cm³/mol. The molecular formula is C15H22N2O2. The van der Waals surface area contributed by atoms with Crippen molar-refractivity contribution < 1.29 is 9.53 Å². The summed E-state index contributed by atoms with van der Waals surface area (Å²) in [6.45, 7) is 7.61. The lowest BCUT2D eigenvalue weighted by atomic mass is 9.98. The third kappa shape index (κ3) is 3.47. The maximum atomic E-state index is 12.0. The molecule has 0 aliphatic carbocycles. The van der Waals surface area contributed by atoms with Gasteiger partial charge in [-0.2, -0.15) is 0 Å². The van der Waals surface area contributed by atoms with Gasteiger partial charge in [-0.1, -0.05) is 32.0 Å². The van der Waals surface area contributed by atoms with Crippen molar-refractivity contribution in [3.8, 4) is 0 Å². The minimum Gasteiger partial charge on any atom is -0.379 e. The summed E-state index contributed by atoms with van der Waals surface area (Å²) in [7, 11) is 0. The molecule has 1 aromatic rings. The van der Waals surface area contributed by atoms with E-state index in [1.54, 1.807) is 0 Å². The number of anilines is 1. The second-order valence-corrected chi connectivity index (χ2v) is 5.35. The number of para-hydroxylation sites is 1. The summed E-state index contributed by atoms with van der Waals surface area (Å²) >= 11 is 0. The Kier molecular flexibility index (Phi) is 4.43. The Hall–Kier alpha value is -1.55. The Balaban J connectivity index is 2.07. The molecule has 2 N–H and O–H groups in total. The van der Waals surface area contributed by atoms with Crippen LogP contribution in [-0.4, -0.2) is 25.3 Å². The zero-order chi connectivity index (χ0) is 13.8. The molecule has 1 aliphatic heterocycles. The van der Waals surface area contributed by atoms with E-state index in [2.05, 4.69) is 30.5 Å². The Morgan fingerprint density at radius 2 is 2.21 bits per heavy atom. The quantitative estimate of drug-likeness (QED) is 0.879. The van der Waals surface area contributed by atoms with E-state index in [1.165, 1.54) is 0 Å². The van der Waals surface area contributed by atoms with Gasteiger partial charge >= 0.3 is 6.03 Å². The van der Waals surface area contributed by atoms with Crippen LogP contribution >= 0.6 is 0 Å². The van der Waals surface area contributed by atoms with Crippen LogP contribution in [0.25, 0.3) is 0 Å². The number of rotatable bonds is 3. The summed E-state index contributed by atoms with van der Waals surface area (Å²) in [5.74, 6) is 0.380. The van der Waals surface area contributed by atoms with Crippen molar-refractivity contribution in [1.82, 2.24) is 5.32 Å². The SMILES string of the molecule is Cc1cccc(C(C)C)c1NC(=O)NC1CCOC1. The van der Waals surface area contributed by atoms with Gasteiger partial charge in [0.15, 0.2) is 0 Å². The van der Waals surface area contributed by atoms with Crippen LogP contribution in [0.3, 0.4) is 0 Å². The standard InChI is InChI=1S/C15H22N2O2/c1-10(2)13-6-4-5-11(3)14(13)17-15(18)16-12-7-8-19-9-12/h4-6,10,12H,7-9H2,1-3H3,(H2,16,17,18). The first-order valence-corrected chi connectivity index (χ1v) is 6.82. The summed E-state index contributed by atoms with van der Waals surface area (Å²) in [6, 6.07) is 6.09. The van der Waals surface area contributed by atoms with Crippen LogP contribution in [-0.2, 0) is 4.74 Å². The van der Waals surface area contributed by atoms with E-state index < -0.39 is 0 Å². The second kappa shape index (κ2) is 6.06. The number of hydrogen-bond donors (Lipinski definition) is 2. The lowest BCUT2D eigenvalue weighted by molar-refractivity contribution is 0.189. The highest BCUT2D eigenvalue weighted by molar-refractivity contribution is 5.91. The van der Waals surface area contributed by atoms with Crippen LogP contribution in [0, 0.1) is 6.92 Å². The van der Waals surface area contributed by atoms with Crippen molar-refractivity contribution in [2.75, 3.05) is 18.5 Å². The molecule has 4 heteroatoms. The van der Waals surface area contributed by atoms with Crippen molar-refractivity contribution in [3.05, 3.63) is 29.3 Å². The van der Waals surface area contributed by atoms with Crippen LogP contribution < -0.4 is 10.6 Å². The van der Waals surface area contributed by atoms with E-state index in [4.69, 9.17) is 4.74 Å². The van der Waals surface area contributed by atoms with Crippen molar-refractivity contribution in [2.45, 2.75) is 39.2 Å². The molecule has 1 aromatic carbocycles. The molecule has 0 radical (unpaired) electrons. The highest BCUT2D eigenvalue weighted by atomic mass is 16.5. The summed E-state index contributed by atoms with van der Waals surface area (Å²) < 4.78 is 5.25. The molecule has 4 nitrogen and oxygen atoms in total. The minimum atomic E-state index is -0.147. The molecule has 2 amide bonds. The molecule has 0 spiro atoms. The van der Waals surface area contributed by atoms with Gasteiger partial charge < -0.3 is 15.4 Å². The predicted octanol–water partition coefficient (Wildman–Crippen LogP) is 3.03. The fourth-order valence-electron chi connectivity index (χ4n) is 2.33. The molecule has 1 unspecified atom stereocenters. The van der Waals surface area contributed by atoms with Crippen LogP contribution in [0.4, 0.5) is 10.5 Å². The van der Waals surface area contributed by atoms with Gasteiger partial charge in [-0.3, -0.25) is 0 Å². The largest absolute Gasteiger partial charge is 0.379 e. The van der Waals surface area contributed by atoms with Gasteiger partial charge in [0.05, 0.1) is 12.6 Å². The molecular weight excluding hydrogens is 240 g/mol. The zero-order valence-corrected chi connectivity index (χ0v) is 11.8. The van der Waals surface area contributed by atoms with Crippen LogP contribution in [0.2, 0.25) is 0 Å². The number of ether oxygens (including phenoxy) is 1. The third-order valence-electron chi connectivity index (χ3n) is 3.43. The highest BCUT2D eigenvalue weighted by Gasteiger charge is 2.19. The molecule has 1 aliphatic rings. The van der Waals surface area contributed by atoms with Gasteiger partial charge in [0, 0.05) is 12.3 Å². The number of hydrogen-bond acceptors (Lipinski definition) is 2. The lowest BCUT2D eigenvalue weighted by Gasteiger charge is -2.18. The van der Waals surface area contributed by atoms with Gasteiger partial charge in [0.25, 0.3) is 0 Å². The van der Waals surface area contributed by atoms with E-state index in [9.17, 15) is 4.79 Å². The Morgan fingerprint density at radius 1 is 1.42 bits per heavy atom. The van der Waals surface area contributed by atoms with E-state index in [-0.39, 0.29) is 12.1 Å². The van der Waals surface area contributed by atoms with Crippen LogP contribution in [0.5, 0.6) is 0 Å². The fourth-order valence-corrected chi connectivity index (χ4v) is 2.33. The molecule has 1 atom stereocenters. The third-order valence-corrected chi connectivity index (χ3v) is 3.43. The van der Waals surface area contributed by atoms with E-state index in [1.807, 2.05) is 19.1 Å². The Labute approximate surface area is 114 Å². The van der Waals surface area contributed by atoms with Crippen LogP contribution in [0.15, 0.2) is 18.2 Å². The highest BCUT2D eigenvalue weighted by Crippen LogP contribution is 2.27. The van der Waals surface area contributed by atoms with E-state index >= 15 is 0 Å². The molecule has 104 valence electrons. The van der Waals surface area contributed by atoms with E-state index in [0.29, 0.717) is 12.5 Å². The molecule has 1 saturated heterocycles. The molecule has 0 bridgehead atoms. The maximum Gasteiger partial charge on any atom is 0.319 e. The average molecular weight is 262 g/mol. The molecule has 0 saturated carbocycles. The summed E-state index contributed by atoms with van der Waals surface area (Å²) in [5, 5.41) is 5.93. The van der Waals surface area contributed by atoms with Crippen LogP contribution in [0.1, 0.15) is 37.3 Å². The lowest BCUT2D eigenvalue weighted by Crippen LogP contribution is -2.38. The molecule has 19 heavy (non-hydrogen) atoms. The number of nitrogens with one attached hydrogen (secondary N) is 2. The summed E-state index contributed by atoms with van der Waals surface area (Å²) in [5.41, 5.74) is 3.18. The van der Waals surface area contributed by atoms with Gasteiger partial charge in [-0.15, -0.1) is 0 Å². The van der Waals surface area contributed by atoms with Crippen molar-refractivity contribution in [3.63, 3.8) is 0 Å². The normalized spacial score (nSPS) is 18.6. The second-order valence-electron chi connectivity index (χ2n) is 5.35. The number of carbonyl (C=O) groups excluding carboxylic acids is 1. The Morgan fingerprint density at radius 3 is 2.84 bits per heavy atom. The topological polar surface area (TPSA) is 50.4 Å². The van der Waals surface area contributed by atoms with E-state index in [0.717, 1.165) is 29.8 Å². The molecule has 1 fully saturated rings. The number of carbonyl (C=O) groups is 1. The van der Waals surface area contributed by atoms with Crippen molar-refractivity contribution in [1.29, 1.82) is 0 Å². The molecule has 1 heterocycles. The monoisotopic (exact) mass is 262 g/mol. The average Bonchev–Trinajstić information content (AvgIpc) is 2.84. The molecule has 2 rings (SSSR count). The summed E-state index contributed by atoms with van der Waals surface area (Å²) in [4.78, 5) is 12.0. The smallest absolute Gasteiger partial charge is 0.319 e. The first kappa shape index (κ1) is 13.9. The number of aryl methyl sites for hydroxylation is 1. The van der Waals surface area contributed by atoms with Gasteiger partial charge in [-0.05, 0) is 30.4 Å². The van der Waals surface area contributed by atoms with Crippen molar-refractivity contribution in [2.24, 2.45) is 0 Å². The maximum absolute atomic E-state index is 12.0. The Bertz CT molecular complexity index is 451. The first-order chi connectivity index (χ1) is 9.08. The van der Waals surface area contributed by atoms with Gasteiger partial charge in [-0.25, -0.2) is 4.79 Å².